The highest BCUT2D eigenvalue weighted by molar-refractivity contribution is 7.84. The predicted molar refractivity (Wildman–Crippen MR) is 185 cm³/mol. The van der Waals surface area contributed by atoms with Gasteiger partial charge in [-0.25, -0.2) is 0 Å². The molecule has 0 aliphatic rings. The van der Waals surface area contributed by atoms with Crippen molar-refractivity contribution in [2.45, 2.75) is 56.7 Å². The van der Waals surface area contributed by atoms with Crippen molar-refractivity contribution in [1.29, 1.82) is 0 Å². The molecule has 0 fully saturated rings. The van der Waals surface area contributed by atoms with Crippen LogP contribution in [0.3, 0.4) is 0 Å². The van der Waals surface area contributed by atoms with Gasteiger partial charge >= 0.3 is 0 Å². The largest absolute Gasteiger partial charge is 0.493 e. The second-order valence-corrected chi connectivity index (χ2v) is 12.4. The number of hydrogen-bond acceptors (Lipinski definition) is 6. The van der Waals surface area contributed by atoms with Crippen molar-refractivity contribution in [3.05, 3.63) is 102 Å². The van der Waals surface area contributed by atoms with Gasteiger partial charge in [-0.05, 0) is 90.2 Å². The standard InChI is InChI=1S/C38H45NO6S/c1-5-7-22-44-23-24-45-35-16-13-30(14-17-35)32-26-31(38(43-4)37(27-32)42-3)12-15-34(40)25-29-10-18-36(19-11-29)46(41)28-33-9-8-21-39(33)20-6-2/h8-19,21,26-27H,5-7,20,22-25,28H2,1-4H3/b15-12+. The zero-order valence-corrected chi connectivity index (χ0v) is 28.1. The summed E-state index contributed by atoms with van der Waals surface area (Å²) in [6.07, 6.45) is 8.78. The molecular formula is C38H45NO6S. The summed E-state index contributed by atoms with van der Waals surface area (Å²) in [5, 5.41) is 0. The minimum absolute atomic E-state index is 0.0575. The maximum absolute atomic E-state index is 13.0. The summed E-state index contributed by atoms with van der Waals surface area (Å²) in [5.74, 6) is 2.30. The Balaban J connectivity index is 1.40. The number of aryl methyl sites for hydroxylation is 1. The second-order valence-electron chi connectivity index (χ2n) is 10.9. The molecule has 1 aromatic heterocycles. The Kier molecular flexibility index (Phi) is 13.7. The van der Waals surface area contributed by atoms with Crippen molar-refractivity contribution in [1.82, 2.24) is 4.57 Å². The summed E-state index contributed by atoms with van der Waals surface area (Å²) in [5.41, 5.74) is 4.55. The minimum Gasteiger partial charge on any atom is -0.493 e. The molecule has 1 heterocycles. The van der Waals surface area contributed by atoms with Gasteiger partial charge in [0.25, 0.3) is 0 Å². The Labute approximate surface area is 275 Å². The smallest absolute Gasteiger partial charge is 0.167 e. The maximum atomic E-state index is 13.0. The van der Waals surface area contributed by atoms with E-state index in [9.17, 15) is 9.00 Å². The van der Waals surface area contributed by atoms with Crippen LogP contribution in [0.5, 0.6) is 17.2 Å². The van der Waals surface area contributed by atoms with Gasteiger partial charge in [0.05, 0.1) is 37.4 Å². The first-order chi connectivity index (χ1) is 22.4. The van der Waals surface area contributed by atoms with Crippen LogP contribution in [0, 0.1) is 0 Å². The molecule has 46 heavy (non-hydrogen) atoms. The van der Waals surface area contributed by atoms with Crippen LogP contribution in [-0.2, 0) is 39.0 Å². The third-order valence-corrected chi connectivity index (χ3v) is 8.87. The zero-order valence-electron chi connectivity index (χ0n) is 27.3. The first-order valence-electron chi connectivity index (χ1n) is 15.8. The molecule has 244 valence electrons. The number of unbranched alkanes of at least 4 members (excludes halogenated alkanes) is 1. The van der Waals surface area contributed by atoms with Crippen LogP contribution >= 0.6 is 0 Å². The number of carbonyl (C=O) groups excluding carboxylic acids is 1. The lowest BCUT2D eigenvalue weighted by Crippen LogP contribution is -2.07. The normalized spacial score (nSPS) is 11.9. The van der Waals surface area contributed by atoms with Crippen LogP contribution in [0.4, 0.5) is 0 Å². The molecule has 0 amide bonds. The number of rotatable bonds is 19. The molecule has 0 aliphatic carbocycles. The number of aromatic nitrogens is 1. The maximum Gasteiger partial charge on any atom is 0.167 e. The fourth-order valence-corrected chi connectivity index (χ4v) is 6.19. The first kappa shape index (κ1) is 34.7. The van der Waals surface area contributed by atoms with Crippen molar-refractivity contribution in [2.75, 3.05) is 34.0 Å². The molecular weight excluding hydrogens is 598 g/mol. The van der Waals surface area contributed by atoms with E-state index in [0.29, 0.717) is 30.5 Å². The molecule has 1 unspecified atom stereocenters. The van der Waals surface area contributed by atoms with E-state index in [1.165, 1.54) is 0 Å². The van der Waals surface area contributed by atoms with Crippen molar-refractivity contribution >= 4 is 22.7 Å². The summed E-state index contributed by atoms with van der Waals surface area (Å²) in [6, 6.07) is 23.2. The van der Waals surface area contributed by atoms with Crippen molar-refractivity contribution in [3.8, 4) is 28.4 Å². The van der Waals surface area contributed by atoms with Crippen LogP contribution < -0.4 is 14.2 Å². The third-order valence-electron chi connectivity index (χ3n) is 7.51. The van der Waals surface area contributed by atoms with Gasteiger partial charge in [-0.15, -0.1) is 0 Å². The van der Waals surface area contributed by atoms with E-state index in [4.69, 9.17) is 18.9 Å². The number of carbonyl (C=O) groups is 1. The summed E-state index contributed by atoms with van der Waals surface area (Å²) in [4.78, 5) is 13.7. The number of nitrogens with zero attached hydrogens (tertiary/aromatic N) is 1. The van der Waals surface area contributed by atoms with Crippen molar-refractivity contribution in [2.24, 2.45) is 0 Å². The Bertz CT molecular complexity index is 1590. The van der Waals surface area contributed by atoms with E-state index in [2.05, 4.69) is 18.4 Å². The van der Waals surface area contributed by atoms with Gasteiger partial charge in [0.2, 0.25) is 0 Å². The lowest BCUT2D eigenvalue weighted by Gasteiger charge is -2.14. The quantitative estimate of drug-likeness (QED) is 0.0764. The van der Waals surface area contributed by atoms with E-state index in [0.717, 1.165) is 71.0 Å². The summed E-state index contributed by atoms with van der Waals surface area (Å²) in [7, 11) is 2.02. The zero-order chi connectivity index (χ0) is 32.7. The summed E-state index contributed by atoms with van der Waals surface area (Å²) < 4.78 is 37.8. The monoisotopic (exact) mass is 643 g/mol. The van der Waals surface area contributed by atoms with E-state index in [1.54, 1.807) is 26.4 Å². The van der Waals surface area contributed by atoms with Gasteiger partial charge in [-0.1, -0.05) is 44.5 Å². The number of ether oxygens (including phenoxy) is 4. The lowest BCUT2D eigenvalue weighted by atomic mass is 10.0. The molecule has 0 saturated heterocycles. The van der Waals surface area contributed by atoms with Crippen molar-refractivity contribution < 1.29 is 28.0 Å². The van der Waals surface area contributed by atoms with E-state index in [1.807, 2.05) is 79.0 Å². The highest BCUT2D eigenvalue weighted by Gasteiger charge is 2.13. The van der Waals surface area contributed by atoms with Gasteiger partial charge in [-0.2, -0.15) is 0 Å². The predicted octanol–water partition coefficient (Wildman–Crippen LogP) is 7.91. The SMILES string of the molecule is CCCCOCCOc1ccc(-c2cc(/C=C/C(=O)Cc3ccc(S(=O)Cc4cccn4CCC)cc3)c(OC)c(OC)c2)cc1. The minimum atomic E-state index is -1.16. The highest BCUT2D eigenvalue weighted by Crippen LogP contribution is 2.37. The van der Waals surface area contributed by atoms with Gasteiger partial charge < -0.3 is 23.5 Å². The Hall–Kier alpha value is -4.14. The third kappa shape index (κ3) is 9.93. The number of methoxy groups -OCH3 is 2. The molecule has 0 radical (unpaired) electrons. The summed E-state index contributed by atoms with van der Waals surface area (Å²) in [6.45, 7) is 7.00. The van der Waals surface area contributed by atoms with Crippen LogP contribution in [-0.4, -0.2) is 48.6 Å². The van der Waals surface area contributed by atoms with Gasteiger partial charge in [0, 0.05) is 41.9 Å². The molecule has 0 spiro atoms. The first-order valence-corrected chi connectivity index (χ1v) is 17.2. The van der Waals surface area contributed by atoms with Crippen LogP contribution in [0.15, 0.2) is 90.0 Å². The fourth-order valence-electron chi connectivity index (χ4n) is 5.05. The number of allylic oxidation sites excluding steroid dienone is 1. The van der Waals surface area contributed by atoms with Crippen LogP contribution in [0.25, 0.3) is 17.2 Å². The average molecular weight is 644 g/mol. The van der Waals surface area contributed by atoms with E-state index >= 15 is 0 Å². The molecule has 1 atom stereocenters. The Morgan fingerprint density at radius 1 is 0.870 bits per heavy atom. The highest BCUT2D eigenvalue weighted by atomic mass is 32.2. The Morgan fingerprint density at radius 3 is 2.35 bits per heavy atom. The average Bonchev–Trinajstić information content (AvgIpc) is 3.51. The number of hydrogen-bond donors (Lipinski definition) is 0. The summed E-state index contributed by atoms with van der Waals surface area (Å²) >= 11 is 0. The molecule has 4 aromatic rings. The fraction of sp³-hybridized carbons (Fsp3) is 0.342. The Morgan fingerprint density at radius 2 is 1.65 bits per heavy atom. The van der Waals surface area contributed by atoms with E-state index in [-0.39, 0.29) is 12.2 Å². The topological polar surface area (TPSA) is 76.0 Å². The number of benzene rings is 3. The second kappa shape index (κ2) is 18.1. The molecule has 0 saturated carbocycles. The molecule has 8 heteroatoms. The van der Waals surface area contributed by atoms with Gasteiger partial charge in [0.15, 0.2) is 17.3 Å². The lowest BCUT2D eigenvalue weighted by molar-refractivity contribution is -0.113. The molecule has 7 nitrogen and oxygen atoms in total. The van der Waals surface area contributed by atoms with E-state index < -0.39 is 10.8 Å². The van der Waals surface area contributed by atoms with Gasteiger partial charge in [-0.3, -0.25) is 9.00 Å². The van der Waals surface area contributed by atoms with Crippen molar-refractivity contribution in [3.63, 3.8) is 0 Å². The number of ketones is 1. The van der Waals surface area contributed by atoms with Crippen LogP contribution in [0.2, 0.25) is 0 Å². The molecule has 3 aromatic carbocycles. The molecule has 4 rings (SSSR count). The molecule has 0 N–H and O–H groups in total. The molecule has 0 aliphatic heterocycles. The van der Waals surface area contributed by atoms with Gasteiger partial charge in [0.1, 0.15) is 12.4 Å². The van der Waals surface area contributed by atoms with Crippen LogP contribution in [0.1, 0.15) is 49.9 Å². The molecule has 0 bridgehead atoms.